The Bertz CT molecular complexity index is 449. The molecule has 2 atom stereocenters. The number of aryl methyl sites for hydroxylation is 1. The van der Waals surface area contributed by atoms with Crippen molar-refractivity contribution in [1.29, 1.82) is 0 Å². The van der Waals surface area contributed by atoms with Gasteiger partial charge in [-0.3, -0.25) is 4.79 Å². The maximum atomic E-state index is 12.2. The van der Waals surface area contributed by atoms with Crippen molar-refractivity contribution in [1.82, 2.24) is 19.7 Å². The number of rotatable bonds is 3. The van der Waals surface area contributed by atoms with Gasteiger partial charge < -0.3 is 9.47 Å². The minimum atomic E-state index is 0.212. The van der Waals surface area contributed by atoms with Crippen LogP contribution in [0.3, 0.4) is 0 Å². The molecule has 1 aromatic rings. The van der Waals surface area contributed by atoms with Gasteiger partial charge in [-0.2, -0.15) is 0 Å². The Hall–Kier alpha value is -1.04. The molecule has 1 saturated heterocycles. The van der Waals surface area contributed by atoms with Gasteiger partial charge in [0.05, 0.1) is 5.75 Å². The standard InChI is InChI=1S/C13H22N4OS/c1-9-5-10(2)7-17(6-9)12(18)8-19-13-15-14-11(3)16(13)4/h9-10H,5-8H2,1-4H3/t9-,10-/m1/s1. The van der Waals surface area contributed by atoms with Crippen molar-refractivity contribution in [2.24, 2.45) is 18.9 Å². The Morgan fingerprint density at radius 2 is 1.95 bits per heavy atom. The molecule has 1 aromatic heterocycles. The van der Waals surface area contributed by atoms with Crippen LogP contribution in [-0.2, 0) is 11.8 Å². The first-order valence-electron chi connectivity index (χ1n) is 6.74. The first-order valence-corrected chi connectivity index (χ1v) is 7.72. The monoisotopic (exact) mass is 282 g/mol. The lowest BCUT2D eigenvalue weighted by Gasteiger charge is -2.34. The van der Waals surface area contributed by atoms with E-state index in [4.69, 9.17) is 0 Å². The van der Waals surface area contributed by atoms with E-state index in [9.17, 15) is 4.79 Å². The van der Waals surface area contributed by atoms with Crippen LogP contribution >= 0.6 is 11.8 Å². The van der Waals surface area contributed by atoms with Crippen LogP contribution < -0.4 is 0 Å². The van der Waals surface area contributed by atoms with Gasteiger partial charge in [0.25, 0.3) is 0 Å². The van der Waals surface area contributed by atoms with Crippen LogP contribution in [-0.4, -0.2) is 44.4 Å². The summed E-state index contributed by atoms with van der Waals surface area (Å²) in [4.78, 5) is 14.2. The minimum Gasteiger partial charge on any atom is -0.341 e. The van der Waals surface area contributed by atoms with Crippen LogP contribution in [0.1, 0.15) is 26.1 Å². The van der Waals surface area contributed by atoms with Crippen LogP contribution in [0.5, 0.6) is 0 Å². The second-order valence-corrected chi connectivity index (χ2v) is 6.56. The van der Waals surface area contributed by atoms with E-state index in [2.05, 4.69) is 24.0 Å². The van der Waals surface area contributed by atoms with Gasteiger partial charge in [0.2, 0.25) is 5.91 Å². The third-order valence-corrected chi connectivity index (χ3v) is 4.60. The molecule has 1 aliphatic heterocycles. The topological polar surface area (TPSA) is 51.0 Å². The van der Waals surface area contributed by atoms with Crippen molar-refractivity contribution in [2.75, 3.05) is 18.8 Å². The van der Waals surface area contributed by atoms with E-state index in [-0.39, 0.29) is 5.91 Å². The first kappa shape index (κ1) is 14.4. The molecule has 2 heterocycles. The second-order valence-electron chi connectivity index (χ2n) is 5.62. The largest absolute Gasteiger partial charge is 0.341 e. The smallest absolute Gasteiger partial charge is 0.233 e. The Labute approximate surface area is 118 Å². The van der Waals surface area contributed by atoms with Crippen LogP contribution in [0, 0.1) is 18.8 Å². The highest BCUT2D eigenvalue weighted by atomic mass is 32.2. The molecule has 2 rings (SSSR count). The van der Waals surface area contributed by atoms with Crippen molar-refractivity contribution in [3.8, 4) is 0 Å². The zero-order valence-electron chi connectivity index (χ0n) is 12.1. The van der Waals surface area contributed by atoms with Crippen molar-refractivity contribution in [3.05, 3.63) is 5.82 Å². The number of amides is 1. The molecular formula is C13H22N4OS. The van der Waals surface area contributed by atoms with E-state index < -0.39 is 0 Å². The number of piperidine rings is 1. The van der Waals surface area contributed by atoms with E-state index in [1.807, 2.05) is 23.4 Å². The Morgan fingerprint density at radius 3 is 2.47 bits per heavy atom. The third-order valence-electron chi connectivity index (χ3n) is 3.60. The van der Waals surface area contributed by atoms with E-state index >= 15 is 0 Å². The quantitative estimate of drug-likeness (QED) is 0.792. The molecule has 106 valence electrons. The molecule has 6 heteroatoms. The zero-order valence-corrected chi connectivity index (χ0v) is 12.9. The molecule has 5 nitrogen and oxygen atoms in total. The maximum absolute atomic E-state index is 12.2. The van der Waals surface area contributed by atoms with E-state index in [1.165, 1.54) is 18.2 Å². The summed E-state index contributed by atoms with van der Waals surface area (Å²) in [5, 5.41) is 8.87. The number of hydrogen-bond acceptors (Lipinski definition) is 4. The summed E-state index contributed by atoms with van der Waals surface area (Å²) in [6, 6.07) is 0. The van der Waals surface area contributed by atoms with Gasteiger partial charge in [-0.25, -0.2) is 0 Å². The maximum Gasteiger partial charge on any atom is 0.233 e. The molecule has 0 aliphatic carbocycles. The van der Waals surface area contributed by atoms with Gasteiger partial charge in [0, 0.05) is 20.1 Å². The highest BCUT2D eigenvalue weighted by Crippen LogP contribution is 2.22. The molecule has 0 unspecified atom stereocenters. The lowest BCUT2D eigenvalue weighted by molar-refractivity contribution is -0.130. The van der Waals surface area contributed by atoms with Gasteiger partial charge in [0.1, 0.15) is 5.82 Å². The third kappa shape index (κ3) is 3.49. The Balaban J connectivity index is 1.89. The van der Waals surface area contributed by atoms with Crippen molar-refractivity contribution in [2.45, 2.75) is 32.3 Å². The SMILES string of the molecule is Cc1nnc(SCC(=O)N2C[C@H](C)C[C@@H](C)C2)n1C. The molecule has 1 fully saturated rings. The molecule has 1 amide bonds. The number of thioether (sulfide) groups is 1. The number of carbonyl (C=O) groups excluding carboxylic acids is 1. The molecule has 0 bridgehead atoms. The predicted molar refractivity (Wildman–Crippen MR) is 76.0 cm³/mol. The molecule has 0 N–H and O–H groups in total. The van der Waals surface area contributed by atoms with Crippen LogP contribution in [0.15, 0.2) is 5.16 Å². The number of carbonyl (C=O) groups is 1. The van der Waals surface area contributed by atoms with Crippen molar-refractivity contribution >= 4 is 17.7 Å². The van der Waals surface area contributed by atoms with Crippen molar-refractivity contribution < 1.29 is 4.79 Å². The summed E-state index contributed by atoms with van der Waals surface area (Å²) in [5.74, 6) is 2.74. The average molecular weight is 282 g/mol. The van der Waals surface area contributed by atoms with E-state index in [0.29, 0.717) is 17.6 Å². The van der Waals surface area contributed by atoms with Crippen molar-refractivity contribution in [3.63, 3.8) is 0 Å². The first-order chi connectivity index (χ1) is 8.97. The summed E-state index contributed by atoms with van der Waals surface area (Å²) in [6.45, 7) is 8.13. The summed E-state index contributed by atoms with van der Waals surface area (Å²) in [7, 11) is 1.92. The zero-order chi connectivity index (χ0) is 14.0. The summed E-state index contributed by atoms with van der Waals surface area (Å²) in [6.07, 6.45) is 1.22. The molecular weight excluding hydrogens is 260 g/mol. The molecule has 1 aliphatic rings. The predicted octanol–water partition coefficient (Wildman–Crippen LogP) is 1.72. The summed E-state index contributed by atoms with van der Waals surface area (Å²) in [5.41, 5.74) is 0. The van der Waals surface area contributed by atoms with Crippen LogP contribution in [0.4, 0.5) is 0 Å². The molecule has 0 aromatic carbocycles. The fraction of sp³-hybridized carbons (Fsp3) is 0.769. The lowest BCUT2D eigenvalue weighted by Crippen LogP contribution is -2.43. The van der Waals surface area contributed by atoms with Gasteiger partial charge >= 0.3 is 0 Å². The number of nitrogens with zero attached hydrogens (tertiary/aromatic N) is 4. The normalized spacial score (nSPS) is 23.7. The van der Waals surface area contributed by atoms with E-state index in [0.717, 1.165) is 24.1 Å². The number of aromatic nitrogens is 3. The highest BCUT2D eigenvalue weighted by molar-refractivity contribution is 7.99. The van der Waals surface area contributed by atoms with Gasteiger partial charge in [-0.15, -0.1) is 10.2 Å². The summed E-state index contributed by atoms with van der Waals surface area (Å²) >= 11 is 1.47. The lowest BCUT2D eigenvalue weighted by atomic mass is 9.92. The number of likely N-dealkylation sites (tertiary alicyclic amines) is 1. The van der Waals surface area contributed by atoms with Gasteiger partial charge in [0.15, 0.2) is 5.16 Å². The second kappa shape index (κ2) is 5.94. The fourth-order valence-corrected chi connectivity index (χ4v) is 3.46. The Kier molecular flexibility index (Phi) is 4.50. The van der Waals surface area contributed by atoms with Gasteiger partial charge in [-0.1, -0.05) is 25.6 Å². The summed E-state index contributed by atoms with van der Waals surface area (Å²) < 4.78 is 1.92. The van der Waals surface area contributed by atoms with Crippen LogP contribution in [0.2, 0.25) is 0 Å². The van der Waals surface area contributed by atoms with Gasteiger partial charge in [-0.05, 0) is 25.2 Å². The fourth-order valence-electron chi connectivity index (χ4n) is 2.60. The Morgan fingerprint density at radius 1 is 1.32 bits per heavy atom. The minimum absolute atomic E-state index is 0.212. The number of hydrogen-bond donors (Lipinski definition) is 0. The molecule has 0 saturated carbocycles. The highest BCUT2D eigenvalue weighted by Gasteiger charge is 2.25. The van der Waals surface area contributed by atoms with E-state index in [1.54, 1.807) is 0 Å². The van der Waals surface area contributed by atoms with Crippen LogP contribution in [0.25, 0.3) is 0 Å². The molecule has 0 spiro atoms. The average Bonchev–Trinajstić information content (AvgIpc) is 2.66. The molecule has 19 heavy (non-hydrogen) atoms. The molecule has 0 radical (unpaired) electrons.